The van der Waals surface area contributed by atoms with E-state index in [4.69, 9.17) is 4.42 Å². The van der Waals surface area contributed by atoms with Gasteiger partial charge in [-0.3, -0.25) is 14.6 Å². The summed E-state index contributed by atoms with van der Waals surface area (Å²) in [6, 6.07) is 16.1. The van der Waals surface area contributed by atoms with E-state index in [0.717, 1.165) is 5.56 Å². The summed E-state index contributed by atoms with van der Waals surface area (Å²) in [6.07, 6.45) is 1.75. The summed E-state index contributed by atoms with van der Waals surface area (Å²) in [4.78, 5) is 32.0. The van der Waals surface area contributed by atoms with Gasteiger partial charge in [-0.05, 0) is 23.6 Å². The minimum Gasteiger partial charge on any atom is -0.463 e. The highest BCUT2D eigenvalue weighted by Gasteiger charge is 2.18. The van der Waals surface area contributed by atoms with Gasteiger partial charge in [0.15, 0.2) is 5.76 Å². The fraction of sp³-hybridized carbons (Fsp3) is 0.182. The van der Waals surface area contributed by atoms with Crippen LogP contribution in [-0.4, -0.2) is 25.7 Å². The van der Waals surface area contributed by atoms with E-state index in [1.165, 1.54) is 10.7 Å². The Morgan fingerprint density at radius 3 is 2.67 bits per heavy atom. The van der Waals surface area contributed by atoms with Crippen LogP contribution in [0.25, 0.3) is 17.4 Å². The van der Waals surface area contributed by atoms with Gasteiger partial charge in [-0.25, -0.2) is 4.98 Å². The zero-order valence-corrected chi connectivity index (χ0v) is 16.6. The van der Waals surface area contributed by atoms with Crippen molar-refractivity contribution in [3.63, 3.8) is 0 Å². The van der Waals surface area contributed by atoms with Gasteiger partial charge in [-0.15, -0.1) is 0 Å². The van der Waals surface area contributed by atoms with Crippen LogP contribution < -0.4 is 10.9 Å². The number of nitrogens with one attached hydrogen (secondary N) is 2. The van der Waals surface area contributed by atoms with E-state index in [1.54, 1.807) is 24.5 Å². The molecule has 0 atom stereocenters. The molecule has 0 saturated heterocycles. The molecule has 30 heavy (non-hydrogen) atoms. The number of anilines is 1. The molecule has 4 aromatic rings. The molecule has 0 aliphatic heterocycles. The van der Waals surface area contributed by atoms with Crippen molar-refractivity contribution >= 4 is 11.7 Å². The third kappa shape index (κ3) is 4.22. The minimum absolute atomic E-state index is 0.0577. The number of aromatic amines is 1. The van der Waals surface area contributed by atoms with Crippen molar-refractivity contribution in [1.29, 1.82) is 0 Å². The van der Waals surface area contributed by atoms with E-state index in [2.05, 4.69) is 20.4 Å². The van der Waals surface area contributed by atoms with Crippen LogP contribution in [-0.2, 0) is 11.2 Å². The highest BCUT2D eigenvalue weighted by Crippen LogP contribution is 2.24. The zero-order chi connectivity index (χ0) is 21.1. The molecule has 152 valence electrons. The quantitative estimate of drug-likeness (QED) is 0.512. The number of benzene rings is 1. The van der Waals surface area contributed by atoms with Gasteiger partial charge in [0.05, 0.1) is 18.4 Å². The number of hydrogen-bond donors (Lipinski definition) is 2. The Kier molecular flexibility index (Phi) is 5.30. The van der Waals surface area contributed by atoms with Gasteiger partial charge in [-0.1, -0.05) is 44.2 Å². The number of rotatable bonds is 6. The molecule has 4 rings (SSSR count). The largest absolute Gasteiger partial charge is 0.463 e. The van der Waals surface area contributed by atoms with Gasteiger partial charge >= 0.3 is 0 Å². The standard InChI is InChI=1S/C22H21N5O3/c1-14(2)16-13-21(29)25-22(23-16)27-19(12-17(26-27)18-9-6-10-30-18)24-20(28)11-15-7-4-3-5-8-15/h3-10,12-14H,11H2,1-2H3,(H,24,28)(H,23,25,29). The molecule has 1 aromatic carbocycles. The Morgan fingerprint density at radius 2 is 1.97 bits per heavy atom. The number of amides is 1. The van der Waals surface area contributed by atoms with Crippen molar-refractivity contribution in [2.24, 2.45) is 0 Å². The third-order valence-electron chi connectivity index (χ3n) is 4.50. The van der Waals surface area contributed by atoms with Gasteiger partial charge in [0.2, 0.25) is 11.9 Å². The number of H-pyrrole nitrogens is 1. The van der Waals surface area contributed by atoms with Crippen LogP contribution in [0.15, 0.2) is 70.1 Å². The predicted molar refractivity (Wildman–Crippen MR) is 113 cm³/mol. The summed E-state index contributed by atoms with van der Waals surface area (Å²) < 4.78 is 6.84. The smallest absolute Gasteiger partial charge is 0.252 e. The van der Waals surface area contributed by atoms with Crippen LogP contribution in [0.5, 0.6) is 0 Å². The Labute approximate surface area is 172 Å². The van der Waals surface area contributed by atoms with Crippen molar-refractivity contribution in [2.75, 3.05) is 5.32 Å². The molecule has 0 aliphatic carbocycles. The molecule has 8 heteroatoms. The number of furan rings is 1. The van der Waals surface area contributed by atoms with Crippen LogP contribution in [0.4, 0.5) is 5.82 Å². The second kappa shape index (κ2) is 8.20. The van der Waals surface area contributed by atoms with Gasteiger partial charge in [0.25, 0.3) is 5.56 Å². The lowest BCUT2D eigenvalue weighted by Crippen LogP contribution is -2.20. The maximum atomic E-state index is 12.6. The number of carbonyl (C=O) groups is 1. The maximum absolute atomic E-state index is 12.6. The summed E-state index contributed by atoms with van der Waals surface area (Å²) in [5.74, 6) is 0.984. The first-order valence-electron chi connectivity index (χ1n) is 9.59. The topological polar surface area (TPSA) is 106 Å². The molecule has 0 unspecified atom stereocenters. The molecule has 0 radical (unpaired) electrons. The van der Waals surface area contributed by atoms with Gasteiger partial charge in [0, 0.05) is 12.1 Å². The first kappa shape index (κ1) is 19.4. The Hall–Kier alpha value is -3.94. The highest BCUT2D eigenvalue weighted by molar-refractivity contribution is 5.92. The van der Waals surface area contributed by atoms with E-state index in [1.807, 2.05) is 44.2 Å². The van der Waals surface area contributed by atoms with E-state index in [9.17, 15) is 9.59 Å². The van der Waals surface area contributed by atoms with Crippen molar-refractivity contribution in [1.82, 2.24) is 19.7 Å². The monoisotopic (exact) mass is 403 g/mol. The van der Waals surface area contributed by atoms with Gasteiger partial charge < -0.3 is 9.73 Å². The number of hydrogen-bond acceptors (Lipinski definition) is 5. The summed E-state index contributed by atoms with van der Waals surface area (Å²) in [7, 11) is 0. The number of carbonyl (C=O) groups excluding carboxylic acids is 1. The lowest BCUT2D eigenvalue weighted by Gasteiger charge is -2.10. The van der Waals surface area contributed by atoms with Crippen LogP contribution in [0.1, 0.15) is 31.0 Å². The zero-order valence-electron chi connectivity index (χ0n) is 16.6. The average Bonchev–Trinajstić information content (AvgIpc) is 3.38. The molecule has 2 N–H and O–H groups in total. The van der Waals surface area contributed by atoms with Crippen molar-refractivity contribution in [3.05, 3.63) is 82.5 Å². The molecule has 0 aliphatic rings. The molecule has 0 spiro atoms. The third-order valence-corrected chi connectivity index (χ3v) is 4.50. The van der Waals surface area contributed by atoms with E-state index in [0.29, 0.717) is 23.0 Å². The maximum Gasteiger partial charge on any atom is 0.252 e. The molecule has 0 fully saturated rings. The number of aromatic nitrogens is 4. The predicted octanol–water partition coefficient (Wildman–Crippen LogP) is 3.52. The lowest BCUT2D eigenvalue weighted by atomic mass is 10.1. The molecule has 3 heterocycles. The van der Waals surface area contributed by atoms with Crippen LogP contribution in [0, 0.1) is 0 Å². The van der Waals surface area contributed by atoms with E-state index >= 15 is 0 Å². The molecule has 1 amide bonds. The summed E-state index contributed by atoms with van der Waals surface area (Å²) in [5, 5.41) is 7.37. The number of nitrogens with zero attached hydrogens (tertiary/aromatic N) is 3. The molecular formula is C22H21N5O3. The first-order valence-corrected chi connectivity index (χ1v) is 9.59. The van der Waals surface area contributed by atoms with E-state index < -0.39 is 0 Å². The Balaban J connectivity index is 1.72. The average molecular weight is 403 g/mol. The van der Waals surface area contributed by atoms with Crippen molar-refractivity contribution in [2.45, 2.75) is 26.2 Å². The highest BCUT2D eigenvalue weighted by atomic mass is 16.3. The summed E-state index contributed by atoms with van der Waals surface area (Å²) >= 11 is 0. The lowest BCUT2D eigenvalue weighted by molar-refractivity contribution is -0.115. The molecular weight excluding hydrogens is 382 g/mol. The fourth-order valence-electron chi connectivity index (χ4n) is 3.00. The normalized spacial score (nSPS) is 11.0. The Bertz CT molecular complexity index is 1210. The van der Waals surface area contributed by atoms with Crippen LogP contribution in [0.2, 0.25) is 0 Å². The molecule has 0 bridgehead atoms. The van der Waals surface area contributed by atoms with E-state index in [-0.39, 0.29) is 29.8 Å². The van der Waals surface area contributed by atoms with Crippen molar-refractivity contribution in [3.8, 4) is 17.4 Å². The van der Waals surface area contributed by atoms with Crippen LogP contribution >= 0.6 is 0 Å². The minimum atomic E-state index is -0.291. The van der Waals surface area contributed by atoms with Crippen molar-refractivity contribution < 1.29 is 9.21 Å². The molecule has 0 saturated carbocycles. The van der Waals surface area contributed by atoms with Crippen LogP contribution in [0.3, 0.4) is 0 Å². The summed E-state index contributed by atoms with van der Waals surface area (Å²) in [5.41, 5.74) is 1.74. The molecule has 8 nitrogen and oxygen atoms in total. The summed E-state index contributed by atoms with van der Waals surface area (Å²) in [6.45, 7) is 3.90. The Morgan fingerprint density at radius 1 is 1.17 bits per heavy atom. The SMILES string of the molecule is CC(C)c1cc(=O)[nH]c(-n2nc(-c3ccco3)cc2NC(=O)Cc2ccccc2)n1. The second-order valence-electron chi connectivity index (χ2n) is 7.16. The molecule has 3 aromatic heterocycles. The van der Waals surface area contributed by atoms with Gasteiger partial charge in [-0.2, -0.15) is 9.78 Å². The fourth-order valence-corrected chi connectivity index (χ4v) is 3.00. The first-order chi connectivity index (χ1) is 14.5. The van der Waals surface area contributed by atoms with Gasteiger partial charge in [0.1, 0.15) is 11.5 Å². The second-order valence-corrected chi connectivity index (χ2v) is 7.16.